The molecule has 0 radical (unpaired) electrons. The summed E-state index contributed by atoms with van der Waals surface area (Å²) >= 11 is 1.31. The van der Waals surface area contributed by atoms with Crippen molar-refractivity contribution in [1.29, 1.82) is 0 Å². The van der Waals surface area contributed by atoms with E-state index in [2.05, 4.69) is 19.6 Å². The summed E-state index contributed by atoms with van der Waals surface area (Å²) in [6, 6.07) is 2.82. The molecule has 1 saturated carbocycles. The van der Waals surface area contributed by atoms with Gasteiger partial charge in [-0.1, -0.05) is 0 Å². The second-order valence-electron chi connectivity index (χ2n) is 7.07. The fourth-order valence-electron chi connectivity index (χ4n) is 3.45. The van der Waals surface area contributed by atoms with Crippen LogP contribution in [0.5, 0.6) is 0 Å². The highest BCUT2D eigenvalue weighted by molar-refractivity contribution is 7.09. The van der Waals surface area contributed by atoms with Crippen molar-refractivity contribution in [2.24, 2.45) is 0 Å². The zero-order valence-corrected chi connectivity index (χ0v) is 15.8. The number of halogens is 2. The molecule has 3 heterocycles. The standard InChI is InChI=1S/C18H16F2N6OS/c1-9-15-22-23-16(17-21-14(24-28-17)10-2-3-10)26(15)7-6-25(9)18(27)11-4-5-12(19)13(20)8-11/h4-5,8-10H,2-3,6-7H2,1H3/t9-/m1/s1. The number of carbonyl (C=O) groups is 1. The third-order valence-corrected chi connectivity index (χ3v) is 5.91. The number of hydrogen-bond acceptors (Lipinski definition) is 6. The van der Waals surface area contributed by atoms with Crippen molar-refractivity contribution >= 4 is 17.4 Å². The first-order valence-electron chi connectivity index (χ1n) is 9.06. The lowest BCUT2D eigenvalue weighted by Crippen LogP contribution is -2.41. The molecule has 2 aromatic heterocycles. The van der Waals surface area contributed by atoms with Gasteiger partial charge in [-0.3, -0.25) is 4.79 Å². The summed E-state index contributed by atoms with van der Waals surface area (Å²) < 4.78 is 33.1. The van der Waals surface area contributed by atoms with Crippen LogP contribution in [0, 0.1) is 11.6 Å². The van der Waals surface area contributed by atoms with Crippen molar-refractivity contribution in [3.05, 3.63) is 47.0 Å². The van der Waals surface area contributed by atoms with Crippen LogP contribution in [0.15, 0.2) is 18.2 Å². The predicted molar refractivity (Wildman–Crippen MR) is 96.7 cm³/mol. The van der Waals surface area contributed by atoms with Gasteiger partial charge in [0.2, 0.25) is 0 Å². The van der Waals surface area contributed by atoms with Crippen LogP contribution >= 0.6 is 11.5 Å². The predicted octanol–water partition coefficient (Wildman–Crippen LogP) is 3.17. The third kappa shape index (κ3) is 2.79. The Morgan fingerprint density at radius 2 is 2.00 bits per heavy atom. The quantitative estimate of drug-likeness (QED) is 0.673. The van der Waals surface area contributed by atoms with E-state index in [-0.39, 0.29) is 17.5 Å². The number of hydrogen-bond donors (Lipinski definition) is 0. The molecule has 0 saturated heterocycles. The number of aromatic nitrogens is 5. The van der Waals surface area contributed by atoms with Crippen LogP contribution in [-0.2, 0) is 6.54 Å². The summed E-state index contributed by atoms with van der Waals surface area (Å²) in [7, 11) is 0. The molecule has 7 nitrogen and oxygen atoms in total. The van der Waals surface area contributed by atoms with E-state index in [9.17, 15) is 13.6 Å². The molecule has 3 aromatic rings. The topological polar surface area (TPSA) is 76.8 Å². The fraction of sp³-hybridized carbons (Fsp3) is 0.389. The normalized spacial score (nSPS) is 19.0. The van der Waals surface area contributed by atoms with Crippen LogP contribution in [0.1, 0.15) is 53.7 Å². The maximum atomic E-state index is 13.5. The average Bonchev–Trinajstić information content (AvgIpc) is 3.25. The number of benzene rings is 1. The SMILES string of the molecule is C[C@@H]1c2nnc(-c3nc(C4CC4)ns3)n2CCN1C(=O)c1ccc(F)c(F)c1. The maximum Gasteiger partial charge on any atom is 0.254 e. The Balaban J connectivity index is 1.42. The molecule has 0 spiro atoms. The molecule has 144 valence electrons. The molecule has 1 aliphatic heterocycles. The zero-order valence-electron chi connectivity index (χ0n) is 15.0. The molecule has 28 heavy (non-hydrogen) atoms. The summed E-state index contributed by atoms with van der Waals surface area (Å²) in [5.41, 5.74) is 0.108. The van der Waals surface area contributed by atoms with Crippen LogP contribution in [0.2, 0.25) is 0 Å². The van der Waals surface area contributed by atoms with Crippen molar-refractivity contribution in [2.45, 2.75) is 38.3 Å². The van der Waals surface area contributed by atoms with E-state index in [4.69, 9.17) is 0 Å². The Bertz CT molecular complexity index is 1080. The van der Waals surface area contributed by atoms with Crippen molar-refractivity contribution < 1.29 is 13.6 Å². The van der Waals surface area contributed by atoms with Gasteiger partial charge in [0.05, 0.1) is 6.04 Å². The van der Waals surface area contributed by atoms with E-state index >= 15 is 0 Å². The Hall–Kier alpha value is -2.75. The van der Waals surface area contributed by atoms with E-state index in [0.717, 1.165) is 35.8 Å². The van der Waals surface area contributed by atoms with Crippen LogP contribution in [0.3, 0.4) is 0 Å². The Kier molecular flexibility index (Phi) is 3.97. The zero-order chi connectivity index (χ0) is 19.4. The van der Waals surface area contributed by atoms with Gasteiger partial charge < -0.3 is 9.47 Å². The minimum absolute atomic E-state index is 0.108. The number of amides is 1. The molecule has 1 aliphatic carbocycles. The molecular weight excluding hydrogens is 386 g/mol. The highest BCUT2D eigenvalue weighted by Gasteiger charge is 2.34. The smallest absolute Gasteiger partial charge is 0.254 e. The van der Waals surface area contributed by atoms with Crippen molar-refractivity contribution in [3.63, 3.8) is 0 Å². The molecule has 0 unspecified atom stereocenters. The molecule has 1 fully saturated rings. The van der Waals surface area contributed by atoms with Crippen molar-refractivity contribution in [2.75, 3.05) is 6.54 Å². The molecule has 1 amide bonds. The van der Waals surface area contributed by atoms with Gasteiger partial charge in [0, 0.05) is 24.6 Å². The lowest BCUT2D eigenvalue weighted by Gasteiger charge is -2.33. The largest absolute Gasteiger partial charge is 0.327 e. The Labute approximate surface area is 163 Å². The fourth-order valence-corrected chi connectivity index (χ4v) is 4.19. The van der Waals surface area contributed by atoms with E-state index in [1.807, 2.05) is 11.5 Å². The van der Waals surface area contributed by atoms with Gasteiger partial charge in [-0.15, -0.1) is 10.2 Å². The first kappa shape index (κ1) is 17.4. The molecule has 1 atom stereocenters. The molecule has 5 rings (SSSR count). The van der Waals surface area contributed by atoms with Gasteiger partial charge in [0.25, 0.3) is 5.91 Å². The second kappa shape index (κ2) is 6.40. The van der Waals surface area contributed by atoms with Gasteiger partial charge in [-0.05, 0) is 49.5 Å². The minimum Gasteiger partial charge on any atom is -0.327 e. The van der Waals surface area contributed by atoms with Gasteiger partial charge in [-0.25, -0.2) is 13.8 Å². The first-order chi connectivity index (χ1) is 13.5. The van der Waals surface area contributed by atoms with E-state index in [1.165, 1.54) is 17.6 Å². The number of nitrogens with zero attached hydrogens (tertiary/aromatic N) is 6. The highest BCUT2D eigenvalue weighted by Crippen LogP contribution is 2.40. The van der Waals surface area contributed by atoms with Gasteiger partial charge in [0.15, 0.2) is 28.3 Å². The monoisotopic (exact) mass is 402 g/mol. The van der Waals surface area contributed by atoms with Gasteiger partial charge in [0.1, 0.15) is 5.82 Å². The van der Waals surface area contributed by atoms with Crippen LogP contribution in [0.4, 0.5) is 8.78 Å². The summed E-state index contributed by atoms with van der Waals surface area (Å²) in [5, 5.41) is 9.27. The van der Waals surface area contributed by atoms with Crippen molar-refractivity contribution in [3.8, 4) is 10.8 Å². The summed E-state index contributed by atoms with van der Waals surface area (Å²) in [5.74, 6) is 0.257. The average molecular weight is 402 g/mol. The van der Waals surface area contributed by atoms with E-state index in [1.54, 1.807) is 4.90 Å². The van der Waals surface area contributed by atoms with Gasteiger partial charge in [-0.2, -0.15) is 4.37 Å². The lowest BCUT2D eigenvalue weighted by molar-refractivity contribution is 0.0638. The van der Waals surface area contributed by atoms with Crippen LogP contribution in [-0.4, -0.2) is 41.5 Å². The molecule has 0 bridgehead atoms. The molecule has 10 heteroatoms. The molecular formula is C18H16F2N6OS. The van der Waals surface area contributed by atoms with E-state index in [0.29, 0.717) is 30.7 Å². The highest BCUT2D eigenvalue weighted by atomic mass is 32.1. The third-order valence-electron chi connectivity index (χ3n) is 5.19. The Morgan fingerprint density at radius 3 is 2.75 bits per heavy atom. The van der Waals surface area contributed by atoms with Gasteiger partial charge >= 0.3 is 0 Å². The Morgan fingerprint density at radius 1 is 1.18 bits per heavy atom. The molecule has 2 aliphatic rings. The number of rotatable bonds is 3. The maximum absolute atomic E-state index is 13.5. The second-order valence-corrected chi connectivity index (χ2v) is 7.82. The van der Waals surface area contributed by atoms with Crippen molar-refractivity contribution in [1.82, 2.24) is 29.0 Å². The van der Waals surface area contributed by atoms with E-state index < -0.39 is 11.6 Å². The number of carbonyl (C=O) groups excluding carboxylic acids is 1. The number of fused-ring (bicyclic) bond motifs is 1. The molecule has 0 N–H and O–H groups in total. The summed E-state index contributed by atoms with van der Waals surface area (Å²) in [4.78, 5) is 19.0. The molecule has 1 aromatic carbocycles. The van der Waals surface area contributed by atoms with Crippen LogP contribution in [0.25, 0.3) is 10.8 Å². The summed E-state index contributed by atoms with van der Waals surface area (Å²) in [6.07, 6.45) is 2.26. The van der Waals surface area contributed by atoms with Crippen LogP contribution < -0.4 is 0 Å². The minimum atomic E-state index is -1.04. The first-order valence-corrected chi connectivity index (χ1v) is 9.83. The lowest BCUT2D eigenvalue weighted by atomic mass is 10.1. The summed E-state index contributed by atoms with van der Waals surface area (Å²) in [6.45, 7) is 2.75.